The third-order valence-electron chi connectivity index (χ3n) is 5.11. The van der Waals surface area contributed by atoms with Crippen molar-refractivity contribution in [1.29, 1.82) is 0 Å². The molecule has 2 aromatic heterocycles. The minimum atomic E-state index is -0.388. The molecule has 0 atom stereocenters. The molecule has 5 rings (SSSR count). The van der Waals surface area contributed by atoms with Crippen LogP contribution in [0.5, 0.6) is 0 Å². The topological polar surface area (TPSA) is 98.8 Å². The number of carbonyl (C=O) groups is 1. The number of aromatic amines is 1. The number of amides is 1. The molecule has 9 heteroatoms. The van der Waals surface area contributed by atoms with Crippen LogP contribution in [-0.4, -0.2) is 57.2 Å². The summed E-state index contributed by atoms with van der Waals surface area (Å²) in [7, 11) is 0. The van der Waals surface area contributed by atoms with Crippen molar-refractivity contribution in [3.63, 3.8) is 0 Å². The number of fused-ring (bicyclic) bond motifs is 1. The summed E-state index contributed by atoms with van der Waals surface area (Å²) in [6.45, 7) is 2.70. The zero-order chi connectivity index (χ0) is 19.1. The Morgan fingerprint density at radius 1 is 1.18 bits per heavy atom. The summed E-state index contributed by atoms with van der Waals surface area (Å²) in [5.74, 6) is 0.981. The largest absolute Gasteiger partial charge is 0.333 e. The summed E-state index contributed by atoms with van der Waals surface area (Å²) >= 11 is 0. The Bertz CT molecular complexity index is 1040. The fraction of sp³-hybridized carbons (Fsp3) is 0.368. The van der Waals surface area contributed by atoms with E-state index in [1.807, 2.05) is 6.07 Å². The van der Waals surface area contributed by atoms with E-state index < -0.39 is 0 Å². The van der Waals surface area contributed by atoms with Crippen LogP contribution in [-0.2, 0) is 0 Å². The zero-order valence-corrected chi connectivity index (χ0v) is 15.2. The lowest BCUT2D eigenvalue weighted by Gasteiger charge is -2.26. The number of nitrogens with zero attached hydrogens (tertiary/aromatic N) is 4. The Kier molecular flexibility index (Phi) is 4.16. The summed E-state index contributed by atoms with van der Waals surface area (Å²) in [6.07, 6.45) is 2.32. The lowest BCUT2D eigenvalue weighted by atomic mass is 10.2. The van der Waals surface area contributed by atoms with Crippen molar-refractivity contribution in [3.8, 4) is 0 Å². The smallest absolute Gasteiger partial charge is 0.291 e. The molecule has 2 aliphatic rings. The number of hydrogen-bond acceptors (Lipinski definition) is 6. The average molecular weight is 381 g/mol. The molecular formula is C19H20FN7O. The van der Waals surface area contributed by atoms with Gasteiger partial charge in [-0.05, 0) is 31.0 Å². The van der Waals surface area contributed by atoms with Crippen molar-refractivity contribution in [1.82, 2.24) is 30.4 Å². The highest BCUT2D eigenvalue weighted by molar-refractivity contribution is 5.97. The summed E-state index contributed by atoms with van der Waals surface area (Å²) in [4.78, 5) is 23.4. The standard InChI is InChI=1S/C19H20FN7O/c20-12-3-4-14-13(9-12)17(23-16-10-15(25-26-16)11-1-2-11)24-18(22-14)19(28)27-7-5-21-6-8-27/h3-4,9-11,21H,1-2,5-8H2,(H2,22,23,24,25,26). The van der Waals surface area contributed by atoms with E-state index >= 15 is 0 Å². The average Bonchev–Trinajstić information content (AvgIpc) is 3.47. The third kappa shape index (κ3) is 3.29. The van der Waals surface area contributed by atoms with Crippen LogP contribution >= 0.6 is 0 Å². The van der Waals surface area contributed by atoms with E-state index in [0.29, 0.717) is 41.5 Å². The normalized spacial score (nSPS) is 17.1. The minimum Gasteiger partial charge on any atom is -0.333 e. The minimum absolute atomic E-state index is 0.0986. The first kappa shape index (κ1) is 17.1. The van der Waals surface area contributed by atoms with Crippen LogP contribution in [0.3, 0.4) is 0 Å². The number of rotatable bonds is 4. The number of benzene rings is 1. The SMILES string of the molecule is O=C(c1nc(Nc2cc(C3CC3)[nH]n2)c2cc(F)ccc2n1)N1CCNCC1. The number of anilines is 2. The monoisotopic (exact) mass is 381 g/mol. The van der Waals surface area contributed by atoms with Gasteiger partial charge in [-0.2, -0.15) is 5.10 Å². The Balaban J connectivity index is 1.52. The fourth-order valence-corrected chi connectivity index (χ4v) is 3.43. The van der Waals surface area contributed by atoms with Crippen molar-refractivity contribution in [2.45, 2.75) is 18.8 Å². The number of piperazine rings is 1. The molecule has 2 fully saturated rings. The lowest BCUT2D eigenvalue weighted by Crippen LogP contribution is -2.46. The number of carbonyl (C=O) groups excluding carboxylic acids is 1. The van der Waals surface area contributed by atoms with Crippen LogP contribution in [0.4, 0.5) is 16.0 Å². The molecule has 1 saturated heterocycles. The van der Waals surface area contributed by atoms with E-state index in [4.69, 9.17) is 0 Å². The number of halogens is 1. The van der Waals surface area contributed by atoms with E-state index in [9.17, 15) is 9.18 Å². The molecule has 1 aliphatic carbocycles. The molecule has 1 amide bonds. The van der Waals surface area contributed by atoms with Gasteiger partial charge in [-0.15, -0.1) is 0 Å². The maximum Gasteiger partial charge on any atom is 0.291 e. The second-order valence-electron chi connectivity index (χ2n) is 7.21. The van der Waals surface area contributed by atoms with E-state index in [1.54, 1.807) is 11.0 Å². The molecule has 0 unspecified atom stereocenters. The summed E-state index contributed by atoms with van der Waals surface area (Å²) in [5, 5.41) is 14.2. The Labute approximate surface area is 160 Å². The summed E-state index contributed by atoms with van der Waals surface area (Å²) in [5.41, 5.74) is 1.58. The van der Waals surface area contributed by atoms with Gasteiger partial charge in [0.25, 0.3) is 5.91 Å². The van der Waals surface area contributed by atoms with E-state index in [-0.39, 0.29) is 17.5 Å². The molecule has 28 heavy (non-hydrogen) atoms. The highest BCUT2D eigenvalue weighted by Gasteiger charge is 2.26. The predicted molar refractivity (Wildman–Crippen MR) is 102 cm³/mol. The van der Waals surface area contributed by atoms with Crippen LogP contribution in [0.2, 0.25) is 0 Å². The van der Waals surface area contributed by atoms with E-state index in [0.717, 1.165) is 31.6 Å². The van der Waals surface area contributed by atoms with Gasteiger partial charge in [0.2, 0.25) is 5.82 Å². The van der Waals surface area contributed by atoms with Gasteiger partial charge in [0.1, 0.15) is 11.6 Å². The first-order chi connectivity index (χ1) is 13.7. The van der Waals surface area contributed by atoms with Crippen molar-refractivity contribution in [2.24, 2.45) is 0 Å². The Morgan fingerprint density at radius 2 is 2.00 bits per heavy atom. The van der Waals surface area contributed by atoms with Crippen LogP contribution < -0.4 is 10.6 Å². The lowest BCUT2D eigenvalue weighted by molar-refractivity contribution is 0.0724. The summed E-state index contributed by atoms with van der Waals surface area (Å²) in [6, 6.07) is 6.19. The molecule has 8 nitrogen and oxygen atoms in total. The Hall–Kier alpha value is -3.07. The molecule has 1 saturated carbocycles. The maximum atomic E-state index is 13.8. The first-order valence-corrected chi connectivity index (χ1v) is 9.47. The molecule has 3 N–H and O–H groups in total. The zero-order valence-electron chi connectivity index (χ0n) is 15.2. The molecule has 1 aliphatic heterocycles. The molecule has 1 aromatic carbocycles. The first-order valence-electron chi connectivity index (χ1n) is 9.47. The Morgan fingerprint density at radius 3 is 2.79 bits per heavy atom. The second-order valence-corrected chi connectivity index (χ2v) is 7.21. The van der Waals surface area contributed by atoms with Gasteiger partial charge in [0, 0.05) is 49.2 Å². The van der Waals surface area contributed by atoms with Crippen LogP contribution in [0.1, 0.15) is 35.1 Å². The number of hydrogen-bond donors (Lipinski definition) is 3. The quantitative estimate of drug-likeness (QED) is 0.641. The highest BCUT2D eigenvalue weighted by atomic mass is 19.1. The number of H-pyrrole nitrogens is 1. The molecule has 144 valence electrons. The van der Waals surface area contributed by atoms with Gasteiger partial charge < -0.3 is 15.5 Å². The van der Waals surface area contributed by atoms with Gasteiger partial charge in [-0.3, -0.25) is 9.89 Å². The number of aromatic nitrogens is 4. The van der Waals surface area contributed by atoms with Gasteiger partial charge in [-0.25, -0.2) is 14.4 Å². The van der Waals surface area contributed by atoms with Crippen molar-refractivity contribution >= 4 is 28.4 Å². The molecule has 3 aromatic rings. The van der Waals surface area contributed by atoms with Crippen LogP contribution in [0.25, 0.3) is 10.9 Å². The van der Waals surface area contributed by atoms with Crippen LogP contribution in [0.15, 0.2) is 24.3 Å². The molecule has 3 heterocycles. The van der Waals surface area contributed by atoms with Gasteiger partial charge in [0.15, 0.2) is 5.82 Å². The maximum absolute atomic E-state index is 13.8. The van der Waals surface area contributed by atoms with Crippen molar-refractivity contribution in [2.75, 3.05) is 31.5 Å². The molecule has 0 bridgehead atoms. The fourth-order valence-electron chi connectivity index (χ4n) is 3.43. The van der Waals surface area contributed by atoms with Crippen molar-refractivity contribution < 1.29 is 9.18 Å². The van der Waals surface area contributed by atoms with Crippen molar-refractivity contribution in [3.05, 3.63) is 41.6 Å². The molecule has 0 radical (unpaired) electrons. The predicted octanol–water partition coefficient (Wildman–Crippen LogP) is 2.16. The highest BCUT2D eigenvalue weighted by Crippen LogP contribution is 2.39. The number of nitrogens with one attached hydrogen (secondary N) is 3. The third-order valence-corrected chi connectivity index (χ3v) is 5.11. The van der Waals surface area contributed by atoms with E-state index in [1.165, 1.54) is 12.1 Å². The van der Waals surface area contributed by atoms with Gasteiger partial charge in [0.05, 0.1) is 5.52 Å². The van der Waals surface area contributed by atoms with Crippen LogP contribution in [0, 0.1) is 5.82 Å². The molecular weight excluding hydrogens is 361 g/mol. The van der Waals surface area contributed by atoms with Gasteiger partial charge >= 0.3 is 0 Å². The summed E-state index contributed by atoms with van der Waals surface area (Å²) < 4.78 is 13.8. The second kappa shape index (κ2) is 6.83. The molecule has 0 spiro atoms. The van der Waals surface area contributed by atoms with E-state index in [2.05, 4.69) is 30.8 Å². The van der Waals surface area contributed by atoms with Gasteiger partial charge in [-0.1, -0.05) is 0 Å².